The summed E-state index contributed by atoms with van der Waals surface area (Å²) in [4.78, 5) is 36.6. The molecule has 0 spiro atoms. The van der Waals surface area contributed by atoms with Crippen molar-refractivity contribution in [2.45, 2.75) is 39.5 Å². The van der Waals surface area contributed by atoms with Crippen molar-refractivity contribution in [2.24, 2.45) is 5.92 Å². The number of rotatable bonds is 8. The molecule has 116 valence electrons. The number of carbonyl (C=O) groups is 2. The molecule has 0 saturated carbocycles. The minimum atomic E-state index is -0.839. The van der Waals surface area contributed by atoms with Gasteiger partial charge in [-0.25, -0.2) is 0 Å². The molecule has 1 aromatic heterocycles. The third-order valence-electron chi connectivity index (χ3n) is 2.89. The van der Waals surface area contributed by atoms with Crippen molar-refractivity contribution in [3.8, 4) is 0 Å². The summed E-state index contributed by atoms with van der Waals surface area (Å²) in [5.41, 5.74) is 0.797. The fourth-order valence-electron chi connectivity index (χ4n) is 1.99. The molecule has 6 nitrogen and oxygen atoms in total. The maximum Gasteiger partial charge on any atom is 0.303 e. The van der Waals surface area contributed by atoms with E-state index in [1.807, 2.05) is 13.8 Å². The van der Waals surface area contributed by atoms with Crippen LogP contribution in [-0.4, -0.2) is 28.5 Å². The van der Waals surface area contributed by atoms with Crippen LogP contribution in [0.1, 0.15) is 49.2 Å². The third kappa shape index (κ3) is 6.74. The van der Waals surface area contributed by atoms with Crippen LogP contribution >= 0.6 is 0 Å². The number of carbonyl (C=O) groups excluding carboxylic acids is 1. The van der Waals surface area contributed by atoms with Gasteiger partial charge in [-0.3, -0.25) is 14.4 Å². The summed E-state index contributed by atoms with van der Waals surface area (Å²) in [7, 11) is 0. The van der Waals surface area contributed by atoms with E-state index in [1.165, 1.54) is 6.07 Å². The molecular weight excluding hydrogens is 272 g/mol. The number of unbranched alkanes of at least 4 members (excludes halogenated alkanes) is 1. The number of aliphatic carboxylic acids is 1. The standard InChI is InChI=1S/C15H22N2O4/c1-10(2)7-12-8-11(9-13(18)17-12)15(21)16-6-4-3-5-14(19)20/h8-10H,3-7H2,1-2H3,(H,16,21)(H,17,18)(H,19,20). The van der Waals surface area contributed by atoms with Gasteiger partial charge in [-0.15, -0.1) is 0 Å². The van der Waals surface area contributed by atoms with E-state index in [-0.39, 0.29) is 17.9 Å². The van der Waals surface area contributed by atoms with Gasteiger partial charge in [0.15, 0.2) is 0 Å². The number of amides is 1. The highest BCUT2D eigenvalue weighted by molar-refractivity contribution is 5.94. The molecule has 0 aliphatic heterocycles. The molecule has 0 aliphatic rings. The predicted octanol–water partition coefficient (Wildman–Crippen LogP) is 1.56. The second-order valence-electron chi connectivity index (χ2n) is 5.46. The van der Waals surface area contributed by atoms with Crippen molar-refractivity contribution in [3.63, 3.8) is 0 Å². The minimum absolute atomic E-state index is 0.0966. The zero-order valence-corrected chi connectivity index (χ0v) is 12.4. The number of pyridine rings is 1. The Balaban J connectivity index is 2.55. The van der Waals surface area contributed by atoms with E-state index in [2.05, 4.69) is 10.3 Å². The molecule has 1 aromatic rings. The summed E-state index contributed by atoms with van der Waals surface area (Å²) in [5, 5.41) is 11.2. The number of nitrogens with one attached hydrogen (secondary N) is 2. The molecular formula is C15H22N2O4. The number of aromatic nitrogens is 1. The Morgan fingerprint density at radius 2 is 2.00 bits per heavy atom. The van der Waals surface area contributed by atoms with Gasteiger partial charge < -0.3 is 15.4 Å². The minimum Gasteiger partial charge on any atom is -0.481 e. The topological polar surface area (TPSA) is 99.3 Å². The highest BCUT2D eigenvalue weighted by Gasteiger charge is 2.09. The Bertz CT molecular complexity index is 549. The first kappa shape index (κ1) is 16.9. The first-order valence-corrected chi connectivity index (χ1v) is 7.11. The van der Waals surface area contributed by atoms with Crippen LogP contribution < -0.4 is 10.9 Å². The molecule has 3 N–H and O–H groups in total. The summed E-state index contributed by atoms with van der Waals surface area (Å²) >= 11 is 0. The van der Waals surface area contributed by atoms with Crippen LogP contribution in [-0.2, 0) is 11.2 Å². The Labute approximate surface area is 123 Å². The van der Waals surface area contributed by atoms with Crippen molar-refractivity contribution in [3.05, 3.63) is 33.7 Å². The van der Waals surface area contributed by atoms with Crippen LogP contribution in [0.15, 0.2) is 16.9 Å². The summed E-state index contributed by atoms with van der Waals surface area (Å²) in [6.45, 7) is 4.47. The molecule has 0 radical (unpaired) electrons. The lowest BCUT2D eigenvalue weighted by molar-refractivity contribution is -0.137. The van der Waals surface area contributed by atoms with E-state index in [0.29, 0.717) is 37.3 Å². The largest absolute Gasteiger partial charge is 0.481 e. The second-order valence-corrected chi connectivity index (χ2v) is 5.46. The van der Waals surface area contributed by atoms with Gasteiger partial charge in [0.05, 0.1) is 0 Å². The van der Waals surface area contributed by atoms with Crippen molar-refractivity contribution in [2.75, 3.05) is 6.54 Å². The van der Waals surface area contributed by atoms with Crippen molar-refractivity contribution >= 4 is 11.9 Å². The fraction of sp³-hybridized carbons (Fsp3) is 0.533. The van der Waals surface area contributed by atoms with Crippen LogP contribution in [0, 0.1) is 5.92 Å². The maximum atomic E-state index is 12.0. The average molecular weight is 294 g/mol. The van der Waals surface area contributed by atoms with Crippen molar-refractivity contribution in [1.82, 2.24) is 10.3 Å². The summed E-state index contributed by atoms with van der Waals surface area (Å²) in [6.07, 6.45) is 1.91. The van der Waals surface area contributed by atoms with Gasteiger partial charge in [0.25, 0.3) is 5.91 Å². The van der Waals surface area contributed by atoms with E-state index in [1.54, 1.807) is 6.07 Å². The van der Waals surface area contributed by atoms with Gasteiger partial charge in [0.2, 0.25) is 5.56 Å². The second kappa shape index (κ2) is 8.24. The summed E-state index contributed by atoms with van der Waals surface area (Å²) in [5.74, 6) is -0.759. The lowest BCUT2D eigenvalue weighted by Gasteiger charge is -2.08. The zero-order chi connectivity index (χ0) is 15.8. The van der Waals surface area contributed by atoms with E-state index >= 15 is 0 Å². The molecule has 21 heavy (non-hydrogen) atoms. The molecule has 1 amide bonds. The van der Waals surface area contributed by atoms with Crippen LogP contribution in [0.5, 0.6) is 0 Å². The molecule has 1 rings (SSSR count). The molecule has 1 heterocycles. The Morgan fingerprint density at radius 3 is 2.62 bits per heavy atom. The molecule has 0 saturated heterocycles. The number of carboxylic acid groups (broad SMARTS) is 1. The molecule has 0 atom stereocenters. The number of H-pyrrole nitrogens is 1. The first-order chi connectivity index (χ1) is 9.88. The normalized spacial score (nSPS) is 10.6. The smallest absolute Gasteiger partial charge is 0.303 e. The van der Waals surface area contributed by atoms with Crippen molar-refractivity contribution < 1.29 is 14.7 Å². The Hall–Kier alpha value is -2.11. The predicted molar refractivity (Wildman–Crippen MR) is 79.4 cm³/mol. The lowest BCUT2D eigenvalue weighted by Crippen LogP contribution is -2.26. The van der Waals surface area contributed by atoms with Crippen LogP contribution in [0.2, 0.25) is 0 Å². The van der Waals surface area contributed by atoms with Gasteiger partial charge in [-0.05, 0) is 31.2 Å². The monoisotopic (exact) mass is 294 g/mol. The number of carboxylic acids is 1. The first-order valence-electron chi connectivity index (χ1n) is 7.11. The highest BCUT2D eigenvalue weighted by atomic mass is 16.4. The van der Waals surface area contributed by atoms with Crippen molar-refractivity contribution in [1.29, 1.82) is 0 Å². The number of aromatic amines is 1. The molecule has 0 bridgehead atoms. The molecule has 0 aliphatic carbocycles. The third-order valence-corrected chi connectivity index (χ3v) is 2.89. The Morgan fingerprint density at radius 1 is 1.29 bits per heavy atom. The van der Waals surface area contributed by atoms with E-state index in [4.69, 9.17) is 5.11 Å². The van der Waals surface area contributed by atoms with Gasteiger partial charge in [-0.1, -0.05) is 13.8 Å². The average Bonchev–Trinajstić information content (AvgIpc) is 2.36. The lowest BCUT2D eigenvalue weighted by atomic mass is 10.1. The van der Waals surface area contributed by atoms with Crippen LogP contribution in [0.25, 0.3) is 0 Å². The van der Waals surface area contributed by atoms with Gasteiger partial charge in [0, 0.05) is 30.3 Å². The quantitative estimate of drug-likeness (QED) is 0.633. The van der Waals surface area contributed by atoms with E-state index in [9.17, 15) is 14.4 Å². The molecule has 0 aromatic carbocycles. The maximum absolute atomic E-state index is 12.0. The highest BCUT2D eigenvalue weighted by Crippen LogP contribution is 2.06. The molecule has 0 fully saturated rings. The van der Waals surface area contributed by atoms with Gasteiger partial charge in [0.1, 0.15) is 0 Å². The number of hydrogen-bond acceptors (Lipinski definition) is 3. The van der Waals surface area contributed by atoms with Crippen LogP contribution in [0.4, 0.5) is 0 Å². The van der Waals surface area contributed by atoms with E-state index in [0.717, 1.165) is 5.69 Å². The van der Waals surface area contributed by atoms with Gasteiger partial charge >= 0.3 is 5.97 Å². The fourth-order valence-corrected chi connectivity index (χ4v) is 1.99. The molecule has 6 heteroatoms. The van der Waals surface area contributed by atoms with Gasteiger partial charge in [-0.2, -0.15) is 0 Å². The van der Waals surface area contributed by atoms with E-state index < -0.39 is 5.97 Å². The zero-order valence-electron chi connectivity index (χ0n) is 12.4. The number of hydrogen-bond donors (Lipinski definition) is 3. The van der Waals surface area contributed by atoms with Crippen LogP contribution in [0.3, 0.4) is 0 Å². The SMILES string of the molecule is CC(C)Cc1cc(C(=O)NCCCCC(=O)O)cc(=O)[nH]1. The Kier molecular flexibility index (Phi) is 6.65. The molecule has 0 unspecified atom stereocenters. The summed E-state index contributed by atoms with van der Waals surface area (Å²) in [6, 6.07) is 2.96. The summed E-state index contributed by atoms with van der Waals surface area (Å²) < 4.78 is 0.